The van der Waals surface area contributed by atoms with Crippen LogP contribution in [-0.4, -0.2) is 39.0 Å². The Kier molecular flexibility index (Phi) is 2.21. The largest absolute Gasteiger partial charge is 0.481 e. The number of fused-ring (bicyclic) bond motifs is 2. The fraction of sp³-hybridized carbons (Fsp3) is 0.500. The predicted octanol–water partition coefficient (Wildman–Crippen LogP) is 1.09. The molecule has 2 aliphatic rings. The highest BCUT2D eigenvalue weighted by Crippen LogP contribution is 2.42. The van der Waals surface area contributed by atoms with Crippen LogP contribution in [0.2, 0.25) is 0 Å². The van der Waals surface area contributed by atoms with Crippen molar-refractivity contribution in [1.29, 1.82) is 0 Å². The molecule has 5 heteroatoms. The highest BCUT2D eigenvalue weighted by Gasteiger charge is 2.51. The number of aromatic nitrogens is 1. The van der Waals surface area contributed by atoms with Crippen LogP contribution in [0.25, 0.3) is 0 Å². The number of aliphatic carboxylic acids is 1. The van der Waals surface area contributed by atoms with Crippen LogP contribution in [0.4, 0.5) is 0 Å². The van der Waals surface area contributed by atoms with Gasteiger partial charge in [-0.05, 0) is 31.4 Å². The number of nitrogens with zero attached hydrogens (tertiary/aromatic N) is 1. The number of carbonyl (C=O) groups is 2. The molecule has 1 aromatic rings. The highest BCUT2D eigenvalue weighted by molar-refractivity contribution is 5.94. The third-order valence-electron chi connectivity index (χ3n) is 3.92. The first-order chi connectivity index (χ1) is 8.18. The van der Waals surface area contributed by atoms with Crippen LogP contribution in [0.5, 0.6) is 0 Å². The van der Waals surface area contributed by atoms with E-state index in [9.17, 15) is 9.59 Å². The third-order valence-corrected chi connectivity index (χ3v) is 3.92. The molecule has 3 atom stereocenters. The van der Waals surface area contributed by atoms with Crippen molar-refractivity contribution < 1.29 is 14.7 Å². The Bertz CT molecular complexity index is 454. The quantitative estimate of drug-likeness (QED) is 0.804. The fourth-order valence-corrected chi connectivity index (χ4v) is 3.17. The van der Waals surface area contributed by atoms with E-state index in [0.29, 0.717) is 12.1 Å². The lowest BCUT2D eigenvalue weighted by molar-refractivity contribution is -0.142. The highest BCUT2D eigenvalue weighted by atomic mass is 16.4. The molecule has 0 aromatic carbocycles. The molecule has 2 saturated heterocycles. The Labute approximate surface area is 98.4 Å². The Morgan fingerprint density at radius 2 is 2.24 bits per heavy atom. The van der Waals surface area contributed by atoms with Gasteiger partial charge in [0.05, 0.1) is 5.92 Å². The van der Waals surface area contributed by atoms with Crippen LogP contribution < -0.4 is 0 Å². The average Bonchev–Trinajstić information content (AvgIpc) is 3.03. The summed E-state index contributed by atoms with van der Waals surface area (Å²) in [5, 5.41) is 9.12. The monoisotopic (exact) mass is 234 g/mol. The molecular weight excluding hydrogens is 220 g/mol. The van der Waals surface area contributed by atoms with E-state index in [1.807, 2.05) is 0 Å². The smallest absolute Gasteiger partial charge is 0.308 e. The van der Waals surface area contributed by atoms with Crippen molar-refractivity contribution in [2.75, 3.05) is 0 Å². The molecule has 2 bridgehead atoms. The minimum Gasteiger partial charge on any atom is -0.481 e. The maximum Gasteiger partial charge on any atom is 0.308 e. The van der Waals surface area contributed by atoms with Crippen LogP contribution >= 0.6 is 0 Å². The molecule has 1 amide bonds. The van der Waals surface area contributed by atoms with Gasteiger partial charge in [0.2, 0.25) is 0 Å². The van der Waals surface area contributed by atoms with Crippen LogP contribution in [-0.2, 0) is 4.79 Å². The summed E-state index contributed by atoms with van der Waals surface area (Å²) >= 11 is 0. The molecule has 5 nitrogen and oxygen atoms in total. The number of hydrogen-bond donors (Lipinski definition) is 2. The molecule has 3 heterocycles. The van der Waals surface area contributed by atoms with E-state index in [-0.39, 0.29) is 23.9 Å². The second kappa shape index (κ2) is 3.61. The number of carboxylic acid groups (broad SMARTS) is 1. The van der Waals surface area contributed by atoms with Crippen LogP contribution in [0.1, 0.15) is 29.8 Å². The van der Waals surface area contributed by atoms with Crippen molar-refractivity contribution in [2.24, 2.45) is 5.92 Å². The van der Waals surface area contributed by atoms with Gasteiger partial charge in [0.25, 0.3) is 5.91 Å². The zero-order chi connectivity index (χ0) is 12.0. The average molecular weight is 234 g/mol. The van der Waals surface area contributed by atoms with Gasteiger partial charge in [-0.3, -0.25) is 9.59 Å². The van der Waals surface area contributed by atoms with Gasteiger partial charge in [-0.2, -0.15) is 0 Å². The number of hydrogen-bond acceptors (Lipinski definition) is 2. The molecule has 0 aliphatic carbocycles. The first kappa shape index (κ1) is 10.4. The molecular formula is C12H14N2O3. The Morgan fingerprint density at radius 3 is 2.82 bits per heavy atom. The van der Waals surface area contributed by atoms with E-state index < -0.39 is 5.97 Å². The minimum atomic E-state index is -0.776. The maximum atomic E-state index is 12.2. The van der Waals surface area contributed by atoms with Gasteiger partial charge in [0.1, 0.15) is 5.69 Å². The minimum absolute atomic E-state index is 0.0637. The van der Waals surface area contributed by atoms with E-state index in [2.05, 4.69) is 4.98 Å². The SMILES string of the molecule is O=C(O)C1CC2CCC1N2C(=O)c1ccc[nH]1. The molecule has 2 N–H and O–H groups in total. The number of nitrogens with one attached hydrogen (secondary N) is 1. The second-order valence-corrected chi connectivity index (χ2v) is 4.78. The van der Waals surface area contributed by atoms with Gasteiger partial charge in [-0.15, -0.1) is 0 Å². The van der Waals surface area contributed by atoms with Gasteiger partial charge in [-0.1, -0.05) is 0 Å². The normalized spacial score (nSPS) is 30.8. The number of rotatable bonds is 2. The molecule has 0 saturated carbocycles. The van der Waals surface area contributed by atoms with E-state index >= 15 is 0 Å². The molecule has 17 heavy (non-hydrogen) atoms. The number of carboxylic acids is 1. The zero-order valence-corrected chi connectivity index (χ0v) is 9.30. The summed E-state index contributed by atoms with van der Waals surface area (Å²) in [4.78, 5) is 28.0. The molecule has 3 unspecified atom stereocenters. The Hall–Kier alpha value is -1.78. The van der Waals surface area contributed by atoms with Crippen LogP contribution in [0, 0.1) is 5.92 Å². The van der Waals surface area contributed by atoms with Gasteiger partial charge >= 0.3 is 5.97 Å². The van der Waals surface area contributed by atoms with Crippen molar-refractivity contribution in [2.45, 2.75) is 31.3 Å². The van der Waals surface area contributed by atoms with Crippen molar-refractivity contribution in [3.05, 3.63) is 24.0 Å². The molecule has 0 radical (unpaired) electrons. The third kappa shape index (κ3) is 1.45. The van der Waals surface area contributed by atoms with E-state index in [1.54, 1.807) is 23.2 Å². The second-order valence-electron chi connectivity index (χ2n) is 4.78. The molecule has 90 valence electrons. The summed E-state index contributed by atoms with van der Waals surface area (Å²) < 4.78 is 0. The molecule has 1 aromatic heterocycles. The first-order valence-electron chi connectivity index (χ1n) is 5.87. The summed E-state index contributed by atoms with van der Waals surface area (Å²) in [6.45, 7) is 0. The fourth-order valence-electron chi connectivity index (χ4n) is 3.17. The molecule has 3 rings (SSSR count). The van der Waals surface area contributed by atoms with Crippen molar-refractivity contribution >= 4 is 11.9 Å². The van der Waals surface area contributed by atoms with Crippen LogP contribution in [0.3, 0.4) is 0 Å². The molecule has 2 aliphatic heterocycles. The summed E-state index contributed by atoms with van der Waals surface area (Å²) in [5.41, 5.74) is 0.549. The number of amides is 1. The lowest BCUT2D eigenvalue weighted by atomic mass is 9.89. The summed E-state index contributed by atoms with van der Waals surface area (Å²) in [7, 11) is 0. The standard InChI is InChI=1S/C12H14N2O3/c15-11(9-2-1-5-13-9)14-7-3-4-10(14)8(6-7)12(16)17/h1-2,5,7-8,10,13H,3-4,6H2,(H,16,17). The van der Waals surface area contributed by atoms with Crippen molar-refractivity contribution in [3.63, 3.8) is 0 Å². The van der Waals surface area contributed by atoms with E-state index in [4.69, 9.17) is 5.11 Å². The van der Waals surface area contributed by atoms with Gasteiger partial charge in [0, 0.05) is 18.3 Å². The first-order valence-corrected chi connectivity index (χ1v) is 5.87. The number of carbonyl (C=O) groups excluding carboxylic acids is 1. The van der Waals surface area contributed by atoms with Crippen LogP contribution in [0.15, 0.2) is 18.3 Å². The van der Waals surface area contributed by atoms with Crippen molar-refractivity contribution in [1.82, 2.24) is 9.88 Å². The van der Waals surface area contributed by atoms with E-state index in [1.165, 1.54) is 0 Å². The lowest BCUT2D eigenvalue weighted by Crippen LogP contribution is -2.38. The van der Waals surface area contributed by atoms with E-state index in [0.717, 1.165) is 12.8 Å². The lowest BCUT2D eigenvalue weighted by Gasteiger charge is -2.22. The van der Waals surface area contributed by atoms with Gasteiger partial charge < -0.3 is 15.0 Å². The summed E-state index contributed by atoms with van der Waals surface area (Å²) in [6, 6.07) is 3.50. The molecule has 0 spiro atoms. The topological polar surface area (TPSA) is 73.4 Å². The predicted molar refractivity (Wildman–Crippen MR) is 59.5 cm³/mol. The zero-order valence-electron chi connectivity index (χ0n) is 9.30. The Balaban J connectivity index is 1.86. The van der Waals surface area contributed by atoms with Gasteiger partial charge in [-0.25, -0.2) is 0 Å². The number of H-pyrrole nitrogens is 1. The summed E-state index contributed by atoms with van der Waals surface area (Å²) in [5.74, 6) is -1.22. The molecule has 2 fully saturated rings. The van der Waals surface area contributed by atoms with Gasteiger partial charge in [0.15, 0.2) is 0 Å². The summed E-state index contributed by atoms with van der Waals surface area (Å²) in [6.07, 6.45) is 4.06. The maximum absolute atomic E-state index is 12.2. The number of aromatic amines is 1. The Morgan fingerprint density at radius 1 is 1.41 bits per heavy atom. The van der Waals surface area contributed by atoms with Crippen molar-refractivity contribution in [3.8, 4) is 0 Å².